The van der Waals surface area contributed by atoms with E-state index < -0.39 is 17.8 Å². The third-order valence-electron chi connectivity index (χ3n) is 5.60. The Kier molecular flexibility index (Phi) is 3.93. The molecule has 21 heavy (non-hydrogen) atoms. The first-order valence-corrected chi connectivity index (χ1v) is 8.35. The van der Waals surface area contributed by atoms with E-state index in [0.29, 0.717) is 13.0 Å². The molecule has 3 rings (SSSR count). The number of hydrogen-bond acceptors (Lipinski definition) is 2. The second kappa shape index (κ2) is 5.58. The van der Waals surface area contributed by atoms with Crippen LogP contribution in [0.15, 0.2) is 0 Å². The van der Waals surface area contributed by atoms with Crippen LogP contribution in [0.1, 0.15) is 64.2 Å². The molecular weight excluding hydrogens is 271 g/mol. The number of piperazine rings is 1. The van der Waals surface area contributed by atoms with Gasteiger partial charge in [-0.15, -0.1) is 0 Å². The summed E-state index contributed by atoms with van der Waals surface area (Å²) in [6.45, 7) is -0.0566. The molecule has 0 aromatic rings. The molecular formula is C16H25FN2O2. The van der Waals surface area contributed by atoms with Gasteiger partial charge in [-0.25, -0.2) is 0 Å². The zero-order chi connectivity index (χ0) is 14.9. The van der Waals surface area contributed by atoms with Crippen LogP contribution in [0.3, 0.4) is 0 Å². The molecule has 1 saturated heterocycles. The SMILES string of the molecule is O=C1N(CCCF)C2(CCCC2)C(=O)NC12CCCCC2. The second-order valence-electron chi connectivity index (χ2n) is 6.83. The number of halogens is 1. The first kappa shape index (κ1) is 14.8. The smallest absolute Gasteiger partial charge is 0.249 e. The van der Waals surface area contributed by atoms with Crippen molar-refractivity contribution in [2.24, 2.45) is 0 Å². The molecule has 2 amide bonds. The number of carbonyl (C=O) groups is 2. The van der Waals surface area contributed by atoms with E-state index in [4.69, 9.17) is 0 Å². The lowest BCUT2D eigenvalue weighted by molar-refractivity contribution is -0.165. The molecule has 4 nitrogen and oxygen atoms in total. The number of carbonyl (C=O) groups excluding carboxylic acids is 2. The van der Waals surface area contributed by atoms with E-state index in [1.807, 2.05) is 0 Å². The molecule has 0 aromatic carbocycles. The maximum Gasteiger partial charge on any atom is 0.249 e. The second-order valence-corrected chi connectivity index (χ2v) is 6.83. The molecule has 118 valence electrons. The van der Waals surface area contributed by atoms with Gasteiger partial charge in [-0.05, 0) is 32.1 Å². The van der Waals surface area contributed by atoms with Gasteiger partial charge in [-0.1, -0.05) is 32.1 Å². The summed E-state index contributed by atoms with van der Waals surface area (Å²) >= 11 is 0. The Morgan fingerprint density at radius 2 is 1.62 bits per heavy atom. The van der Waals surface area contributed by atoms with Gasteiger partial charge >= 0.3 is 0 Å². The van der Waals surface area contributed by atoms with E-state index in [1.165, 1.54) is 0 Å². The minimum absolute atomic E-state index is 0.0142. The molecule has 0 atom stereocenters. The fraction of sp³-hybridized carbons (Fsp3) is 0.875. The normalized spacial score (nSPS) is 27.4. The van der Waals surface area contributed by atoms with Crippen molar-refractivity contribution in [3.05, 3.63) is 0 Å². The minimum atomic E-state index is -0.695. The lowest BCUT2D eigenvalue weighted by Gasteiger charge is -2.52. The zero-order valence-electron chi connectivity index (χ0n) is 12.6. The van der Waals surface area contributed by atoms with Crippen molar-refractivity contribution in [2.45, 2.75) is 75.3 Å². The highest BCUT2D eigenvalue weighted by molar-refractivity contribution is 6.02. The van der Waals surface area contributed by atoms with Gasteiger partial charge in [-0.2, -0.15) is 0 Å². The quantitative estimate of drug-likeness (QED) is 0.869. The largest absolute Gasteiger partial charge is 0.340 e. The van der Waals surface area contributed by atoms with Crippen molar-refractivity contribution in [3.63, 3.8) is 0 Å². The van der Waals surface area contributed by atoms with E-state index in [1.54, 1.807) is 4.90 Å². The zero-order valence-corrected chi connectivity index (χ0v) is 12.6. The molecule has 1 heterocycles. The Bertz CT molecular complexity index is 426. The number of amides is 2. The summed E-state index contributed by atoms with van der Waals surface area (Å²) in [5, 5.41) is 3.10. The molecule has 3 aliphatic rings. The van der Waals surface area contributed by atoms with Gasteiger partial charge in [-0.3, -0.25) is 14.0 Å². The topological polar surface area (TPSA) is 49.4 Å². The van der Waals surface area contributed by atoms with Crippen LogP contribution in [0.25, 0.3) is 0 Å². The Morgan fingerprint density at radius 3 is 2.24 bits per heavy atom. The Morgan fingerprint density at radius 1 is 1.00 bits per heavy atom. The summed E-state index contributed by atoms with van der Waals surface area (Å²) in [5.41, 5.74) is -1.38. The molecule has 0 bridgehead atoms. The highest BCUT2D eigenvalue weighted by atomic mass is 19.1. The maximum absolute atomic E-state index is 13.1. The fourth-order valence-electron chi connectivity index (χ4n) is 4.45. The third kappa shape index (κ3) is 2.25. The van der Waals surface area contributed by atoms with E-state index in [2.05, 4.69) is 5.32 Å². The van der Waals surface area contributed by atoms with E-state index in [-0.39, 0.29) is 11.8 Å². The summed E-state index contributed by atoms with van der Waals surface area (Å²) in [7, 11) is 0. The van der Waals surface area contributed by atoms with Gasteiger partial charge in [0.05, 0.1) is 6.67 Å². The molecule has 3 fully saturated rings. The third-order valence-corrected chi connectivity index (χ3v) is 5.60. The molecule has 1 N–H and O–H groups in total. The van der Waals surface area contributed by atoms with Gasteiger partial charge in [0, 0.05) is 6.54 Å². The standard InChI is InChI=1S/C16H25FN2O2/c17-11-6-12-19-14(21)15(7-2-1-3-8-15)18-13(20)16(19)9-4-5-10-16/h1-12H2,(H,18,20). The van der Waals surface area contributed by atoms with Crippen LogP contribution < -0.4 is 5.32 Å². The van der Waals surface area contributed by atoms with Crippen molar-refractivity contribution < 1.29 is 14.0 Å². The average molecular weight is 296 g/mol. The molecule has 1 aliphatic heterocycles. The van der Waals surface area contributed by atoms with Crippen molar-refractivity contribution in [3.8, 4) is 0 Å². The number of nitrogens with one attached hydrogen (secondary N) is 1. The molecule has 2 saturated carbocycles. The Labute approximate surface area is 125 Å². The predicted octanol–water partition coefficient (Wildman–Crippen LogP) is 2.32. The fourth-order valence-corrected chi connectivity index (χ4v) is 4.45. The first-order valence-electron chi connectivity index (χ1n) is 8.35. The van der Waals surface area contributed by atoms with Crippen molar-refractivity contribution >= 4 is 11.8 Å². The van der Waals surface area contributed by atoms with Gasteiger partial charge in [0.2, 0.25) is 11.8 Å². The lowest BCUT2D eigenvalue weighted by Crippen LogP contribution is -2.75. The van der Waals surface area contributed by atoms with Crippen LogP contribution in [0.2, 0.25) is 0 Å². The molecule has 5 heteroatoms. The van der Waals surface area contributed by atoms with Crippen molar-refractivity contribution in [2.75, 3.05) is 13.2 Å². The number of alkyl halides is 1. The number of hydrogen-bond donors (Lipinski definition) is 1. The van der Waals surface area contributed by atoms with Crippen molar-refractivity contribution in [1.82, 2.24) is 10.2 Å². The van der Waals surface area contributed by atoms with Gasteiger partial charge in [0.25, 0.3) is 0 Å². The minimum Gasteiger partial charge on any atom is -0.340 e. The van der Waals surface area contributed by atoms with Crippen LogP contribution in [0.4, 0.5) is 4.39 Å². The summed E-state index contributed by atoms with van der Waals surface area (Å²) in [6, 6.07) is 0. The Hall–Kier alpha value is -1.13. The molecule has 0 unspecified atom stereocenters. The van der Waals surface area contributed by atoms with E-state index in [9.17, 15) is 14.0 Å². The van der Waals surface area contributed by atoms with E-state index in [0.717, 1.165) is 57.8 Å². The molecule has 0 radical (unpaired) electrons. The summed E-state index contributed by atoms with van der Waals surface area (Å²) < 4.78 is 12.6. The summed E-state index contributed by atoms with van der Waals surface area (Å²) in [5.74, 6) is 0.0671. The summed E-state index contributed by atoms with van der Waals surface area (Å²) in [6.07, 6.45) is 8.29. The number of rotatable bonds is 3. The first-order chi connectivity index (χ1) is 10.1. The molecule has 0 aromatic heterocycles. The number of nitrogens with zero attached hydrogens (tertiary/aromatic N) is 1. The van der Waals surface area contributed by atoms with Crippen LogP contribution in [0, 0.1) is 0 Å². The Balaban J connectivity index is 1.91. The van der Waals surface area contributed by atoms with Crippen LogP contribution >= 0.6 is 0 Å². The lowest BCUT2D eigenvalue weighted by atomic mass is 9.75. The highest BCUT2D eigenvalue weighted by Gasteiger charge is 2.58. The predicted molar refractivity (Wildman–Crippen MR) is 77.5 cm³/mol. The van der Waals surface area contributed by atoms with Crippen LogP contribution in [-0.2, 0) is 9.59 Å². The average Bonchev–Trinajstić information content (AvgIpc) is 2.98. The van der Waals surface area contributed by atoms with Crippen LogP contribution in [0.5, 0.6) is 0 Å². The van der Waals surface area contributed by atoms with Crippen LogP contribution in [-0.4, -0.2) is 41.0 Å². The van der Waals surface area contributed by atoms with Gasteiger partial charge in [0.15, 0.2) is 0 Å². The highest BCUT2D eigenvalue weighted by Crippen LogP contribution is 2.43. The van der Waals surface area contributed by atoms with E-state index >= 15 is 0 Å². The maximum atomic E-state index is 13.1. The molecule has 2 spiro atoms. The van der Waals surface area contributed by atoms with Crippen molar-refractivity contribution in [1.29, 1.82) is 0 Å². The van der Waals surface area contributed by atoms with Gasteiger partial charge < -0.3 is 10.2 Å². The summed E-state index contributed by atoms with van der Waals surface area (Å²) in [4.78, 5) is 27.7. The monoisotopic (exact) mass is 296 g/mol. The molecule has 2 aliphatic carbocycles. The van der Waals surface area contributed by atoms with Gasteiger partial charge in [0.1, 0.15) is 11.1 Å².